The summed E-state index contributed by atoms with van der Waals surface area (Å²) in [6, 6.07) is 19.6. The number of halogens is 1. The number of hydrogen-bond donors (Lipinski definition) is 0. The van der Waals surface area contributed by atoms with E-state index in [1.54, 1.807) is 0 Å². The highest BCUT2D eigenvalue weighted by Crippen LogP contribution is 2.44. The van der Waals surface area contributed by atoms with Crippen LogP contribution in [0.3, 0.4) is 0 Å². The van der Waals surface area contributed by atoms with E-state index in [2.05, 4.69) is 0 Å². The lowest BCUT2D eigenvalue weighted by atomic mass is 9.72. The molecule has 1 fully saturated rings. The molecule has 0 saturated carbocycles. The van der Waals surface area contributed by atoms with E-state index < -0.39 is 5.41 Å². The standard InChI is InChI=1S/C18H18ClNO2/c1-22-20-16(13-19)12-18(17(20)21,14-8-4-2-5-9-14)15-10-6-3-7-11-15/h2-11,16H,12-13H2,1H3/t16-/m0/s1. The van der Waals surface area contributed by atoms with Gasteiger partial charge in [0.15, 0.2) is 0 Å². The summed E-state index contributed by atoms with van der Waals surface area (Å²) < 4.78 is 0. The van der Waals surface area contributed by atoms with Gasteiger partial charge in [0.1, 0.15) is 5.41 Å². The van der Waals surface area contributed by atoms with Gasteiger partial charge in [0, 0.05) is 5.88 Å². The lowest BCUT2D eigenvalue weighted by Gasteiger charge is -2.28. The number of carbonyl (C=O) groups is 1. The molecular formula is C18H18ClNO2. The first-order chi connectivity index (χ1) is 10.7. The summed E-state index contributed by atoms with van der Waals surface area (Å²) >= 11 is 6.07. The van der Waals surface area contributed by atoms with Gasteiger partial charge in [-0.05, 0) is 17.5 Å². The van der Waals surface area contributed by atoms with Gasteiger partial charge in [0.25, 0.3) is 5.91 Å². The van der Waals surface area contributed by atoms with E-state index in [9.17, 15) is 4.79 Å². The summed E-state index contributed by atoms with van der Waals surface area (Å²) in [6.07, 6.45) is 0.608. The lowest BCUT2D eigenvalue weighted by molar-refractivity contribution is -0.177. The van der Waals surface area contributed by atoms with Gasteiger partial charge >= 0.3 is 0 Å². The van der Waals surface area contributed by atoms with Crippen molar-refractivity contribution in [2.24, 2.45) is 0 Å². The third kappa shape index (κ3) is 2.21. The Morgan fingerprint density at radius 1 is 1.09 bits per heavy atom. The number of hydroxylamine groups is 2. The Labute approximate surface area is 135 Å². The second kappa shape index (κ2) is 6.11. The van der Waals surface area contributed by atoms with Gasteiger partial charge in [-0.25, -0.2) is 5.06 Å². The normalized spacial score (nSPS) is 20.4. The molecule has 2 aromatic carbocycles. The predicted octanol–water partition coefficient (Wildman–Crippen LogP) is 3.37. The average Bonchev–Trinajstić information content (AvgIpc) is 2.89. The Bertz CT molecular complexity index is 605. The van der Waals surface area contributed by atoms with Gasteiger partial charge in [-0.2, -0.15) is 0 Å². The highest BCUT2D eigenvalue weighted by molar-refractivity contribution is 6.18. The molecule has 4 heteroatoms. The molecule has 0 aromatic heterocycles. The number of nitrogens with zero attached hydrogens (tertiary/aromatic N) is 1. The van der Waals surface area contributed by atoms with Crippen molar-refractivity contribution in [1.82, 2.24) is 5.06 Å². The Hall–Kier alpha value is -1.84. The molecule has 0 bridgehead atoms. The number of amides is 1. The summed E-state index contributed by atoms with van der Waals surface area (Å²) in [5.41, 5.74) is 1.21. The first-order valence-corrected chi connectivity index (χ1v) is 7.82. The fraction of sp³-hybridized carbons (Fsp3) is 0.278. The Balaban J connectivity index is 2.20. The summed E-state index contributed by atoms with van der Waals surface area (Å²) in [5, 5.41) is 1.42. The van der Waals surface area contributed by atoms with Crippen molar-refractivity contribution < 1.29 is 9.63 Å². The van der Waals surface area contributed by atoms with E-state index in [-0.39, 0.29) is 11.9 Å². The van der Waals surface area contributed by atoms with Gasteiger partial charge in [-0.15, -0.1) is 11.6 Å². The number of rotatable bonds is 4. The summed E-state index contributed by atoms with van der Waals surface area (Å²) in [6.45, 7) is 0. The Morgan fingerprint density at radius 2 is 1.59 bits per heavy atom. The van der Waals surface area contributed by atoms with Crippen LogP contribution in [0.2, 0.25) is 0 Å². The summed E-state index contributed by atoms with van der Waals surface area (Å²) in [4.78, 5) is 18.5. The zero-order chi connectivity index (χ0) is 15.6. The third-order valence-corrected chi connectivity index (χ3v) is 4.70. The van der Waals surface area contributed by atoms with E-state index in [1.165, 1.54) is 12.2 Å². The zero-order valence-electron chi connectivity index (χ0n) is 12.4. The minimum absolute atomic E-state index is 0.0574. The molecular weight excluding hydrogens is 298 g/mol. The van der Waals surface area contributed by atoms with E-state index in [1.807, 2.05) is 60.7 Å². The number of benzene rings is 2. The molecule has 0 N–H and O–H groups in total. The van der Waals surface area contributed by atoms with Crippen LogP contribution >= 0.6 is 11.6 Å². The Morgan fingerprint density at radius 3 is 1.95 bits per heavy atom. The first kappa shape index (κ1) is 15.1. The van der Waals surface area contributed by atoms with E-state index >= 15 is 0 Å². The van der Waals surface area contributed by atoms with Crippen molar-refractivity contribution in [2.75, 3.05) is 13.0 Å². The first-order valence-electron chi connectivity index (χ1n) is 7.29. The average molecular weight is 316 g/mol. The van der Waals surface area contributed by atoms with Crippen LogP contribution < -0.4 is 0 Å². The lowest BCUT2D eigenvalue weighted by Crippen LogP contribution is -2.39. The molecule has 0 unspecified atom stereocenters. The molecule has 3 rings (SSSR count). The fourth-order valence-corrected chi connectivity index (χ4v) is 3.56. The minimum Gasteiger partial charge on any atom is -0.274 e. The van der Waals surface area contributed by atoms with Crippen LogP contribution in [0.1, 0.15) is 17.5 Å². The predicted molar refractivity (Wildman–Crippen MR) is 86.6 cm³/mol. The minimum atomic E-state index is -0.738. The molecule has 22 heavy (non-hydrogen) atoms. The molecule has 1 aliphatic heterocycles. The number of carbonyl (C=O) groups excluding carboxylic acids is 1. The van der Waals surface area contributed by atoms with E-state index in [4.69, 9.17) is 16.4 Å². The van der Waals surface area contributed by atoms with Gasteiger partial charge in [-0.3, -0.25) is 9.63 Å². The van der Waals surface area contributed by atoms with E-state index in [0.29, 0.717) is 12.3 Å². The topological polar surface area (TPSA) is 29.5 Å². The molecule has 1 heterocycles. The summed E-state index contributed by atoms with van der Waals surface area (Å²) in [7, 11) is 1.52. The zero-order valence-corrected chi connectivity index (χ0v) is 13.2. The molecule has 1 atom stereocenters. The maximum atomic E-state index is 13.2. The highest BCUT2D eigenvalue weighted by Gasteiger charge is 2.54. The molecule has 1 amide bonds. The van der Waals surface area contributed by atoms with Crippen molar-refractivity contribution in [2.45, 2.75) is 17.9 Å². The largest absolute Gasteiger partial charge is 0.274 e. The molecule has 0 aliphatic carbocycles. The van der Waals surface area contributed by atoms with Crippen LogP contribution in [0.15, 0.2) is 60.7 Å². The van der Waals surface area contributed by atoms with Crippen LogP contribution in [0.4, 0.5) is 0 Å². The Kier molecular flexibility index (Phi) is 4.19. The fourth-order valence-electron chi connectivity index (χ4n) is 3.32. The maximum Gasteiger partial charge on any atom is 0.261 e. The SMILES string of the molecule is CON1C(=O)C(c2ccccc2)(c2ccccc2)C[C@H]1CCl. The second-order valence-corrected chi connectivity index (χ2v) is 5.77. The van der Waals surface area contributed by atoms with Crippen LogP contribution in [-0.4, -0.2) is 30.0 Å². The molecule has 1 saturated heterocycles. The molecule has 114 valence electrons. The molecule has 0 spiro atoms. The van der Waals surface area contributed by atoms with Crippen LogP contribution in [0, 0.1) is 0 Å². The third-order valence-electron chi connectivity index (χ3n) is 4.35. The van der Waals surface area contributed by atoms with Gasteiger partial charge in [-0.1, -0.05) is 60.7 Å². The van der Waals surface area contributed by atoms with Crippen molar-refractivity contribution in [1.29, 1.82) is 0 Å². The number of alkyl halides is 1. The smallest absolute Gasteiger partial charge is 0.261 e. The van der Waals surface area contributed by atoms with Crippen LogP contribution in [0.5, 0.6) is 0 Å². The second-order valence-electron chi connectivity index (χ2n) is 5.46. The van der Waals surface area contributed by atoms with Gasteiger partial charge < -0.3 is 0 Å². The van der Waals surface area contributed by atoms with Crippen LogP contribution in [-0.2, 0) is 15.0 Å². The van der Waals surface area contributed by atoms with Crippen molar-refractivity contribution in [3.8, 4) is 0 Å². The molecule has 2 aromatic rings. The monoisotopic (exact) mass is 315 g/mol. The quantitative estimate of drug-likeness (QED) is 0.810. The maximum absolute atomic E-state index is 13.2. The van der Waals surface area contributed by atoms with Crippen molar-refractivity contribution in [3.63, 3.8) is 0 Å². The van der Waals surface area contributed by atoms with Crippen molar-refractivity contribution >= 4 is 17.5 Å². The van der Waals surface area contributed by atoms with E-state index in [0.717, 1.165) is 11.1 Å². The summed E-state index contributed by atoms with van der Waals surface area (Å²) in [5.74, 6) is 0.291. The van der Waals surface area contributed by atoms with Gasteiger partial charge in [0.05, 0.1) is 13.2 Å². The molecule has 0 radical (unpaired) electrons. The molecule has 1 aliphatic rings. The highest BCUT2D eigenvalue weighted by atomic mass is 35.5. The molecule has 3 nitrogen and oxygen atoms in total. The van der Waals surface area contributed by atoms with Gasteiger partial charge in [0.2, 0.25) is 0 Å². The van der Waals surface area contributed by atoms with Crippen LogP contribution in [0.25, 0.3) is 0 Å². The van der Waals surface area contributed by atoms with Crippen molar-refractivity contribution in [3.05, 3.63) is 71.8 Å². The number of hydrogen-bond acceptors (Lipinski definition) is 2.